The van der Waals surface area contributed by atoms with Gasteiger partial charge in [0.05, 0.1) is 0 Å². The summed E-state index contributed by atoms with van der Waals surface area (Å²) in [4.78, 5) is 40.1. The molecule has 3 rings (SSSR count). The molecule has 0 spiro atoms. The van der Waals surface area contributed by atoms with Crippen molar-refractivity contribution in [2.24, 2.45) is 0 Å². The maximum atomic E-state index is 12.5. The molecule has 3 heterocycles. The molecule has 0 unspecified atom stereocenters. The summed E-state index contributed by atoms with van der Waals surface area (Å²) in [7, 11) is 0. The van der Waals surface area contributed by atoms with E-state index in [-0.39, 0.29) is 11.8 Å². The summed E-state index contributed by atoms with van der Waals surface area (Å²) < 4.78 is 0. The molecular formula is C25H30N6O2. The molecule has 3 aromatic rings. The van der Waals surface area contributed by atoms with Crippen LogP contribution in [0.15, 0.2) is 61.2 Å². The SMILES string of the molecule is CCN(CC)CCCNC(=O)c1ccnc(Cc2cc(C(=O)Nc3ccncc3)ccn2)c1. The molecule has 8 nitrogen and oxygen atoms in total. The lowest BCUT2D eigenvalue weighted by Crippen LogP contribution is -2.30. The number of hydrogen-bond donors (Lipinski definition) is 2. The van der Waals surface area contributed by atoms with Crippen LogP contribution in [-0.2, 0) is 6.42 Å². The van der Waals surface area contributed by atoms with Crippen LogP contribution in [-0.4, -0.2) is 57.8 Å². The van der Waals surface area contributed by atoms with Crippen LogP contribution < -0.4 is 10.6 Å². The first-order valence-electron chi connectivity index (χ1n) is 11.2. The highest BCUT2D eigenvalue weighted by Crippen LogP contribution is 2.12. The van der Waals surface area contributed by atoms with Crippen LogP contribution in [0.4, 0.5) is 5.69 Å². The summed E-state index contributed by atoms with van der Waals surface area (Å²) in [5, 5.41) is 5.81. The Bertz CT molecular complexity index is 1050. The Balaban J connectivity index is 1.58. The first kappa shape index (κ1) is 24.0. The van der Waals surface area contributed by atoms with Gasteiger partial charge in [0, 0.05) is 66.0 Å². The first-order valence-corrected chi connectivity index (χ1v) is 11.2. The zero-order valence-electron chi connectivity index (χ0n) is 19.1. The van der Waals surface area contributed by atoms with Gasteiger partial charge in [-0.2, -0.15) is 0 Å². The van der Waals surface area contributed by atoms with Gasteiger partial charge in [-0.1, -0.05) is 13.8 Å². The van der Waals surface area contributed by atoms with Crippen molar-refractivity contribution >= 4 is 17.5 Å². The molecule has 33 heavy (non-hydrogen) atoms. The van der Waals surface area contributed by atoms with Gasteiger partial charge in [0.1, 0.15) is 0 Å². The van der Waals surface area contributed by atoms with Crippen LogP contribution in [0.25, 0.3) is 0 Å². The van der Waals surface area contributed by atoms with Crippen LogP contribution in [0.2, 0.25) is 0 Å². The maximum Gasteiger partial charge on any atom is 0.255 e. The molecule has 0 aliphatic rings. The lowest BCUT2D eigenvalue weighted by molar-refractivity contribution is 0.0950. The van der Waals surface area contributed by atoms with E-state index in [1.54, 1.807) is 61.2 Å². The third-order valence-corrected chi connectivity index (χ3v) is 5.29. The average Bonchev–Trinajstić information content (AvgIpc) is 2.85. The summed E-state index contributed by atoms with van der Waals surface area (Å²) >= 11 is 0. The quantitative estimate of drug-likeness (QED) is 0.439. The van der Waals surface area contributed by atoms with Gasteiger partial charge in [-0.25, -0.2) is 0 Å². The summed E-state index contributed by atoms with van der Waals surface area (Å²) in [6.07, 6.45) is 7.79. The minimum atomic E-state index is -0.226. The molecule has 3 aromatic heterocycles. The van der Waals surface area contributed by atoms with Crippen LogP contribution in [0.1, 0.15) is 52.4 Å². The number of rotatable bonds is 11. The molecule has 0 bridgehead atoms. The molecule has 8 heteroatoms. The summed E-state index contributed by atoms with van der Waals surface area (Å²) in [5.74, 6) is -0.340. The Morgan fingerprint density at radius 1 is 0.848 bits per heavy atom. The maximum absolute atomic E-state index is 12.5. The molecule has 0 saturated heterocycles. The molecule has 0 aliphatic heterocycles. The van der Waals surface area contributed by atoms with Crippen LogP contribution in [0.5, 0.6) is 0 Å². The Labute approximate surface area is 194 Å². The van der Waals surface area contributed by atoms with Crippen molar-refractivity contribution in [3.8, 4) is 0 Å². The summed E-state index contributed by atoms with van der Waals surface area (Å²) in [5.41, 5.74) is 3.14. The van der Waals surface area contributed by atoms with E-state index in [1.165, 1.54) is 0 Å². The average molecular weight is 447 g/mol. The fraction of sp³-hybridized carbons (Fsp3) is 0.320. The van der Waals surface area contributed by atoms with E-state index in [0.717, 1.165) is 26.1 Å². The predicted molar refractivity (Wildman–Crippen MR) is 128 cm³/mol. The first-order chi connectivity index (χ1) is 16.1. The highest BCUT2D eigenvalue weighted by atomic mass is 16.2. The van der Waals surface area contributed by atoms with Crippen LogP contribution in [0.3, 0.4) is 0 Å². The lowest BCUT2D eigenvalue weighted by Gasteiger charge is -2.17. The summed E-state index contributed by atoms with van der Waals surface area (Å²) in [6, 6.07) is 10.3. The largest absolute Gasteiger partial charge is 0.352 e. The second kappa shape index (κ2) is 12.4. The minimum absolute atomic E-state index is 0.114. The highest BCUT2D eigenvalue weighted by Gasteiger charge is 2.11. The normalized spacial score (nSPS) is 10.8. The van der Waals surface area contributed by atoms with Crippen molar-refractivity contribution in [2.45, 2.75) is 26.7 Å². The third-order valence-electron chi connectivity index (χ3n) is 5.29. The number of nitrogens with zero attached hydrogens (tertiary/aromatic N) is 4. The molecule has 0 atom stereocenters. The monoisotopic (exact) mass is 446 g/mol. The minimum Gasteiger partial charge on any atom is -0.352 e. The van der Waals surface area contributed by atoms with Crippen molar-refractivity contribution in [1.29, 1.82) is 0 Å². The van der Waals surface area contributed by atoms with E-state index in [1.807, 2.05) is 0 Å². The predicted octanol–water partition coefficient (Wildman–Crippen LogP) is 3.18. The van der Waals surface area contributed by atoms with Crippen LogP contribution >= 0.6 is 0 Å². The second-order valence-corrected chi connectivity index (χ2v) is 7.57. The Morgan fingerprint density at radius 3 is 2.06 bits per heavy atom. The molecular weight excluding hydrogens is 416 g/mol. The van der Waals surface area contributed by atoms with E-state index in [0.29, 0.717) is 41.2 Å². The van der Waals surface area contributed by atoms with Gasteiger partial charge in [0.25, 0.3) is 11.8 Å². The van der Waals surface area contributed by atoms with Gasteiger partial charge in [0.2, 0.25) is 0 Å². The Morgan fingerprint density at radius 2 is 1.45 bits per heavy atom. The fourth-order valence-corrected chi connectivity index (χ4v) is 3.40. The van der Waals surface area contributed by atoms with E-state index < -0.39 is 0 Å². The smallest absolute Gasteiger partial charge is 0.255 e. The van der Waals surface area contributed by atoms with Crippen LogP contribution in [0, 0.1) is 0 Å². The number of carbonyl (C=O) groups excluding carboxylic acids is 2. The van der Waals surface area contributed by atoms with Crippen molar-refractivity contribution in [1.82, 2.24) is 25.2 Å². The molecule has 0 aromatic carbocycles. The van der Waals surface area contributed by atoms with Crippen molar-refractivity contribution < 1.29 is 9.59 Å². The van der Waals surface area contributed by atoms with Gasteiger partial charge in [-0.05, 0) is 62.5 Å². The van der Waals surface area contributed by atoms with Gasteiger partial charge in [-0.3, -0.25) is 24.5 Å². The highest BCUT2D eigenvalue weighted by molar-refractivity contribution is 6.04. The van der Waals surface area contributed by atoms with E-state index in [2.05, 4.69) is 44.3 Å². The van der Waals surface area contributed by atoms with E-state index in [9.17, 15) is 9.59 Å². The molecule has 0 fully saturated rings. The number of pyridine rings is 3. The van der Waals surface area contributed by atoms with Gasteiger partial charge >= 0.3 is 0 Å². The topological polar surface area (TPSA) is 100 Å². The summed E-state index contributed by atoms with van der Waals surface area (Å²) in [6.45, 7) is 7.89. The number of hydrogen-bond acceptors (Lipinski definition) is 6. The third kappa shape index (κ3) is 7.47. The van der Waals surface area contributed by atoms with Crippen molar-refractivity contribution in [3.63, 3.8) is 0 Å². The lowest BCUT2D eigenvalue weighted by atomic mass is 10.1. The van der Waals surface area contributed by atoms with Crippen molar-refractivity contribution in [3.05, 3.63) is 83.7 Å². The second-order valence-electron chi connectivity index (χ2n) is 7.57. The number of nitrogens with one attached hydrogen (secondary N) is 2. The van der Waals surface area contributed by atoms with Crippen molar-refractivity contribution in [2.75, 3.05) is 31.5 Å². The molecule has 0 aliphatic carbocycles. The number of anilines is 1. The molecule has 2 amide bonds. The van der Waals surface area contributed by atoms with Gasteiger partial charge in [0.15, 0.2) is 0 Å². The van der Waals surface area contributed by atoms with Gasteiger partial charge in [-0.15, -0.1) is 0 Å². The molecule has 0 saturated carbocycles. The van der Waals surface area contributed by atoms with E-state index in [4.69, 9.17) is 0 Å². The van der Waals surface area contributed by atoms with Gasteiger partial charge < -0.3 is 15.5 Å². The fourth-order valence-electron chi connectivity index (χ4n) is 3.40. The zero-order chi connectivity index (χ0) is 23.5. The Kier molecular flexibility index (Phi) is 9.02. The number of aromatic nitrogens is 3. The number of carbonyl (C=O) groups is 2. The van der Waals surface area contributed by atoms with E-state index >= 15 is 0 Å². The zero-order valence-corrected chi connectivity index (χ0v) is 19.1. The Hall–Kier alpha value is -3.65. The molecule has 172 valence electrons. The molecule has 0 radical (unpaired) electrons. The number of amides is 2. The standard InChI is InChI=1S/C25H30N6O2/c1-3-31(4-2)15-5-10-29-24(32)19-6-13-27-22(16-19)18-23-17-20(7-14-28-23)25(33)30-21-8-11-26-12-9-21/h6-9,11-14,16-17H,3-5,10,15,18H2,1-2H3,(H,29,32)(H,26,30,33). The molecule has 2 N–H and O–H groups in total.